The summed E-state index contributed by atoms with van der Waals surface area (Å²) in [5, 5.41) is 4.20. The molecule has 0 amide bonds. The van der Waals surface area contributed by atoms with Crippen LogP contribution in [0.4, 0.5) is 0 Å². The zero-order valence-corrected chi connectivity index (χ0v) is 20.7. The number of ether oxygens (including phenoxy) is 4. The fourth-order valence-corrected chi connectivity index (χ4v) is 8.72. The van der Waals surface area contributed by atoms with Crippen LogP contribution >= 0.6 is 7.26 Å². The summed E-state index contributed by atoms with van der Waals surface area (Å²) in [6, 6.07) is 32.7. The van der Waals surface area contributed by atoms with Crippen LogP contribution in [0.2, 0.25) is 0 Å². The normalized spacial score (nSPS) is 11.7. The molecular formula is C29H35O4P. The van der Waals surface area contributed by atoms with Crippen molar-refractivity contribution in [2.75, 3.05) is 59.0 Å². The van der Waals surface area contributed by atoms with E-state index in [0.29, 0.717) is 52.9 Å². The van der Waals surface area contributed by atoms with Gasteiger partial charge in [0.25, 0.3) is 0 Å². The Morgan fingerprint density at radius 2 is 0.853 bits per heavy atom. The fraction of sp³-hybridized carbons (Fsp3) is 0.310. The minimum absolute atomic E-state index is 0.320. The third-order valence-electron chi connectivity index (χ3n) is 5.72. The van der Waals surface area contributed by atoms with E-state index in [-0.39, 0.29) is 0 Å². The van der Waals surface area contributed by atoms with Gasteiger partial charge in [-0.3, -0.25) is 0 Å². The zero-order chi connectivity index (χ0) is 23.7. The SMILES string of the molecule is C#CCOCCOCCOCCOCC[PH](c1ccccc1)(c1ccccc1)c1ccccc1. The average molecular weight is 479 g/mol. The summed E-state index contributed by atoms with van der Waals surface area (Å²) in [5.74, 6) is 2.43. The van der Waals surface area contributed by atoms with E-state index >= 15 is 0 Å². The first-order chi connectivity index (χ1) is 16.9. The van der Waals surface area contributed by atoms with E-state index in [1.807, 2.05) is 0 Å². The van der Waals surface area contributed by atoms with Gasteiger partial charge in [0, 0.05) is 0 Å². The molecule has 4 nitrogen and oxygen atoms in total. The molecular weight excluding hydrogens is 443 g/mol. The molecule has 0 saturated heterocycles. The van der Waals surface area contributed by atoms with Crippen LogP contribution in [0.25, 0.3) is 0 Å². The number of hydrogen-bond acceptors (Lipinski definition) is 4. The molecule has 3 rings (SSSR count). The molecule has 0 atom stereocenters. The van der Waals surface area contributed by atoms with Crippen LogP contribution in [0.5, 0.6) is 0 Å². The van der Waals surface area contributed by atoms with E-state index in [9.17, 15) is 0 Å². The van der Waals surface area contributed by atoms with Crippen LogP contribution in [0, 0.1) is 12.3 Å². The molecule has 0 radical (unpaired) electrons. The van der Waals surface area contributed by atoms with Crippen molar-refractivity contribution >= 4 is 23.2 Å². The predicted octanol–water partition coefficient (Wildman–Crippen LogP) is 3.41. The second-order valence-corrected chi connectivity index (χ2v) is 11.9. The first-order valence-electron chi connectivity index (χ1n) is 11.8. The molecule has 0 bridgehead atoms. The van der Waals surface area contributed by atoms with E-state index < -0.39 is 7.26 Å². The molecule has 180 valence electrons. The molecule has 0 aliphatic heterocycles. The number of hydrogen-bond donors (Lipinski definition) is 0. The minimum atomic E-state index is -2.23. The average Bonchev–Trinajstić information content (AvgIpc) is 2.91. The standard InChI is InChI=1S/C29H35O4P/c1-2-18-30-19-20-31-21-22-32-23-24-33-25-26-34(27-12-6-3-7-13-27,28-14-8-4-9-15-28)29-16-10-5-11-17-29/h1,3-17,34H,18-26H2. The summed E-state index contributed by atoms with van der Waals surface area (Å²) < 4.78 is 22.3. The summed E-state index contributed by atoms with van der Waals surface area (Å²) in [5.41, 5.74) is 0. The van der Waals surface area contributed by atoms with E-state index in [0.717, 1.165) is 6.16 Å². The van der Waals surface area contributed by atoms with Crippen molar-refractivity contribution in [1.82, 2.24) is 0 Å². The van der Waals surface area contributed by atoms with E-state index in [2.05, 4.69) is 96.9 Å². The van der Waals surface area contributed by atoms with Gasteiger partial charge in [-0.2, -0.15) is 0 Å². The van der Waals surface area contributed by atoms with Crippen LogP contribution in [0.1, 0.15) is 0 Å². The molecule has 0 saturated carbocycles. The Hall–Kier alpha value is -2.51. The van der Waals surface area contributed by atoms with Gasteiger partial charge in [0.15, 0.2) is 0 Å². The Bertz CT molecular complexity index is 861. The molecule has 0 N–H and O–H groups in total. The molecule has 0 fully saturated rings. The van der Waals surface area contributed by atoms with Crippen LogP contribution in [-0.4, -0.2) is 59.0 Å². The van der Waals surface area contributed by atoms with Crippen molar-refractivity contribution in [3.05, 3.63) is 91.0 Å². The van der Waals surface area contributed by atoms with Gasteiger partial charge in [0.1, 0.15) is 6.61 Å². The fourth-order valence-electron chi connectivity index (χ4n) is 4.12. The van der Waals surface area contributed by atoms with Crippen LogP contribution in [0.3, 0.4) is 0 Å². The molecule has 0 aliphatic rings. The Kier molecular flexibility index (Phi) is 11.8. The first-order valence-corrected chi connectivity index (χ1v) is 14.0. The van der Waals surface area contributed by atoms with E-state index in [4.69, 9.17) is 25.4 Å². The first kappa shape index (κ1) is 26.1. The molecule has 3 aromatic carbocycles. The van der Waals surface area contributed by atoms with Crippen molar-refractivity contribution in [2.24, 2.45) is 0 Å². The van der Waals surface area contributed by atoms with Crippen LogP contribution in [0.15, 0.2) is 91.0 Å². The summed E-state index contributed by atoms with van der Waals surface area (Å²) in [7, 11) is -2.23. The van der Waals surface area contributed by atoms with Gasteiger partial charge in [-0.15, -0.1) is 6.42 Å². The number of terminal acetylenes is 1. The topological polar surface area (TPSA) is 36.9 Å². The van der Waals surface area contributed by atoms with Gasteiger partial charge in [-0.25, -0.2) is 0 Å². The molecule has 34 heavy (non-hydrogen) atoms. The van der Waals surface area contributed by atoms with Crippen LogP contribution < -0.4 is 15.9 Å². The maximum absolute atomic E-state index is 6.06. The van der Waals surface area contributed by atoms with Gasteiger partial charge in [0.2, 0.25) is 0 Å². The third kappa shape index (κ3) is 7.77. The molecule has 3 aromatic rings. The van der Waals surface area contributed by atoms with Crippen molar-refractivity contribution in [3.63, 3.8) is 0 Å². The Labute approximate surface area is 204 Å². The van der Waals surface area contributed by atoms with Gasteiger partial charge in [-0.1, -0.05) is 5.92 Å². The molecule has 0 unspecified atom stereocenters. The predicted molar refractivity (Wildman–Crippen MR) is 144 cm³/mol. The molecule has 5 heteroatoms. The van der Waals surface area contributed by atoms with Crippen LogP contribution in [-0.2, 0) is 18.9 Å². The number of benzene rings is 3. The monoisotopic (exact) mass is 478 g/mol. The second kappa shape index (κ2) is 15.4. The number of rotatable bonds is 16. The Balaban J connectivity index is 1.54. The van der Waals surface area contributed by atoms with Gasteiger partial charge >= 0.3 is 186 Å². The molecule has 0 aliphatic carbocycles. The van der Waals surface area contributed by atoms with Gasteiger partial charge in [0.05, 0.1) is 0 Å². The van der Waals surface area contributed by atoms with Gasteiger partial charge in [-0.05, 0) is 0 Å². The van der Waals surface area contributed by atoms with Crippen molar-refractivity contribution in [1.29, 1.82) is 0 Å². The zero-order valence-electron chi connectivity index (χ0n) is 19.7. The summed E-state index contributed by atoms with van der Waals surface area (Å²) >= 11 is 0. The summed E-state index contributed by atoms with van der Waals surface area (Å²) in [6.45, 7) is 4.20. The van der Waals surface area contributed by atoms with Crippen molar-refractivity contribution in [3.8, 4) is 12.3 Å². The summed E-state index contributed by atoms with van der Waals surface area (Å²) in [4.78, 5) is 0. The Morgan fingerprint density at radius 3 is 1.24 bits per heavy atom. The van der Waals surface area contributed by atoms with Crippen molar-refractivity contribution < 1.29 is 18.9 Å². The molecule has 0 aromatic heterocycles. The van der Waals surface area contributed by atoms with Crippen molar-refractivity contribution in [2.45, 2.75) is 0 Å². The van der Waals surface area contributed by atoms with E-state index in [1.165, 1.54) is 15.9 Å². The maximum atomic E-state index is 6.06. The third-order valence-corrected chi connectivity index (χ3v) is 10.6. The van der Waals surface area contributed by atoms with E-state index in [1.54, 1.807) is 0 Å². The summed E-state index contributed by atoms with van der Waals surface area (Å²) in [6.07, 6.45) is 6.09. The molecule has 0 heterocycles. The quantitative estimate of drug-likeness (QED) is 0.180. The second-order valence-electron chi connectivity index (χ2n) is 7.85. The van der Waals surface area contributed by atoms with Gasteiger partial charge < -0.3 is 0 Å². The Morgan fingerprint density at radius 1 is 0.500 bits per heavy atom. The molecule has 0 spiro atoms.